The fourth-order valence-electron chi connectivity index (χ4n) is 3.06. The molecule has 1 aromatic carbocycles. The van der Waals surface area contributed by atoms with Gasteiger partial charge in [-0.15, -0.1) is 0 Å². The van der Waals surface area contributed by atoms with Gasteiger partial charge in [0.2, 0.25) is 5.91 Å². The largest absolute Gasteiger partial charge is 0.480 e. The average molecular weight is 331 g/mol. The SMILES string of the molecule is O=C(O)CNC(=O)CCN1C(=O)[C@@H]2Cc3ccccc3CN2C1=O. The third-order valence-corrected chi connectivity index (χ3v) is 4.28. The summed E-state index contributed by atoms with van der Waals surface area (Å²) in [5.74, 6) is -1.96. The average Bonchev–Trinajstić information content (AvgIpc) is 2.80. The summed E-state index contributed by atoms with van der Waals surface area (Å²) in [5.41, 5.74) is 2.08. The van der Waals surface area contributed by atoms with E-state index in [1.165, 1.54) is 4.90 Å². The van der Waals surface area contributed by atoms with Crippen LogP contribution in [-0.2, 0) is 27.3 Å². The fraction of sp³-hybridized carbons (Fsp3) is 0.375. The minimum atomic E-state index is -1.15. The quantitative estimate of drug-likeness (QED) is 0.737. The third kappa shape index (κ3) is 2.94. The lowest BCUT2D eigenvalue weighted by atomic mass is 9.95. The van der Waals surface area contributed by atoms with Crippen molar-refractivity contribution in [3.63, 3.8) is 0 Å². The molecule has 0 saturated carbocycles. The molecule has 8 nitrogen and oxygen atoms in total. The summed E-state index contributed by atoms with van der Waals surface area (Å²) in [6.07, 6.45) is 0.362. The van der Waals surface area contributed by atoms with Crippen LogP contribution in [0.4, 0.5) is 4.79 Å². The molecule has 8 heteroatoms. The normalized spacial score (nSPS) is 19.1. The van der Waals surface area contributed by atoms with Gasteiger partial charge in [0.25, 0.3) is 5.91 Å². The van der Waals surface area contributed by atoms with Crippen LogP contribution in [0.3, 0.4) is 0 Å². The molecule has 2 aliphatic rings. The summed E-state index contributed by atoms with van der Waals surface area (Å²) in [7, 11) is 0. The molecule has 126 valence electrons. The molecular formula is C16H17N3O5. The predicted molar refractivity (Wildman–Crippen MR) is 81.8 cm³/mol. The summed E-state index contributed by atoms with van der Waals surface area (Å²) in [6.45, 7) is -0.148. The smallest absolute Gasteiger partial charge is 0.327 e. The van der Waals surface area contributed by atoms with Gasteiger partial charge >= 0.3 is 12.0 Å². The molecular weight excluding hydrogens is 314 g/mol. The van der Waals surface area contributed by atoms with E-state index in [1.807, 2.05) is 24.3 Å². The Morgan fingerprint density at radius 2 is 1.92 bits per heavy atom. The summed E-state index contributed by atoms with van der Waals surface area (Å²) < 4.78 is 0. The molecule has 0 bridgehead atoms. The van der Waals surface area contributed by atoms with Crippen molar-refractivity contribution in [3.05, 3.63) is 35.4 Å². The molecule has 0 radical (unpaired) electrons. The van der Waals surface area contributed by atoms with E-state index in [0.29, 0.717) is 13.0 Å². The van der Waals surface area contributed by atoms with Gasteiger partial charge in [0, 0.05) is 25.9 Å². The predicted octanol–water partition coefficient (Wildman–Crippen LogP) is -0.0336. The number of hydrogen-bond acceptors (Lipinski definition) is 4. The highest BCUT2D eigenvalue weighted by Gasteiger charge is 2.46. The number of carboxylic acid groups (broad SMARTS) is 1. The van der Waals surface area contributed by atoms with Crippen molar-refractivity contribution in [3.8, 4) is 0 Å². The molecule has 3 rings (SSSR count). The van der Waals surface area contributed by atoms with Crippen LogP contribution in [0.25, 0.3) is 0 Å². The number of urea groups is 1. The number of fused-ring (bicyclic) bond motifs is 2. The zero-order valence-corrected chi connectivity index (χ0v) is 12.9. The van der Waals surface area contributed by atoms with Gasteiger partial charge in [0.1, 0.15) is 12.6 Å². The molecule has 0 spiro atoms. The number of nitrogens with one attached hydrogen (secondary N) is 1. The Morgan fingerprint density at radius 1 is 1.21 bits per heavy atom. The van der Waals surface area contributed by atoms with E-state index in [0.717, 1.165) is 16.0 Å². The second-order valence-corrected chi connectivity index (χ2v) is 5.81. The Morgan fingerprint density at radius 3 is 2.62 bits per heavy atom. The highest BCUT2D eigenvalue weighted by atomic mass is 16.4. The van der Waals surface area contributed by atoms with Gasteiger partial charge in [-0.25, -0.2) is 4.79 Å². The zero-order valence-electron chi connectivity index (χ0n) is 12.9. The Balaban J connectivity index is 1.64. The molecule has 1 atom stereocenters. The van der Waals surface area contributed by atoms with Gasteiger partial charge in [-0.2, -0.15) is 0 Å². The maximum Gasteiger partial charge on any atom is 0.327 e. The number of benzene rings is 1. The monoisotopic (exact) mass is 331 g/mol. The van der Waals surface area contributed by atoms with Crippen LogP contribution in [0.2, 0.25) is 0 Å². The van der Waals surface area contributed by atoms with Crippen LogP contribution in [0, 0.1) is 0 Å². The number of hydrogen-bond donors (Lipinski definition) is 2. The highest BCUT2D eigenvalue weighted by molar-refractivity contribution is 6.04. The first-order valence-corrected chi connectivity index (χ1v) is 7.64. The molecule has 0 unspecified atom stereocenters. The Hall–Kier alpha value is -2.90. The number of carbonyl (C=O) groups excluding carboxylic acids is 3. The number of carbonyl (C=O) groups is 4. The van der Waals surface area contributed by atoms with Crippen molar-refractivity contribution >= 4 is 23.8 Å². The van der Waals surface area contributed by atoms with Gasteiger partial charge in [-0.05, 0) is 11.1 Å². The first kappa shape index (κ1) is 16.0. The maximum absolute atomic E-state index is 12.5. The number of carboxylic acids is 1. The van der Waals surface area contributed by atoms with E-state index in [9.17, 15) is 19.2 Å². The summed E-state index contributed by atoms with van der Waals surface area (Å²) in [5, 5.41) is 10.7. The van der Waals surface area contributed by atoms with E-state index in [4.69, 9.17) is 5.11 Å². The van der Waals surface area contributed by atoms with E-state index in [-0.39, 0.29) is 18.9 Å². The topological polar surface area (TPSA) is 107 Å². The summed E-state index contributed by atoms with van der Waals surface area (Å²) in [6, 6.07) is 6.77. The Bertz CT molecular complexity index is 674. The Kier molecular flexibility index (Phi) is 4.20. The van der Waals surface area contributed by atoms with Crippen molar-refractivity contribution in [1.82, 2.24) is 15.1 Å². The van der Waals surface area contributed by atoms with E-state index in [2.05, 4.69) is 5.32 Å². The van der Waals surface area contributed by atoms with Gasteiger partial charge in [0.15, 0.2) is 0 Å². The molecule has 2 aliphatic heterocycles. The molecule has 2 N–H and O–H groups in total. The van der Waals surface area contributed by atoms with E-state index >= 15 is 0 Å². The van der Waals surface area contributed by atoms with Crippen LogP contribution in [-0.4, -0.2) is 57.9 Å². The molecule has 0 aromatic heterocycles. The zero-order chi connectivity index (χ0) is 17.3. The number of rotatable bonds is 5. The molecule has 1 aromatic rings. The number of aliphatic carboxylic acids is 1. The number of imide groups is 1. The van der Waals surface area contributed by atoms with Crippen molar-refractivity contribution < 1.29 is 24.3 Å². The van der Waals surface area contributed by atoms with Crippen LogP contribution in [0.15, 0.2) is 24.3 Å². The highest BCUT2D eigenvalue weighted by Crippen LogP contribution is 2.29. The molecule has 0 aliphatic carbocycles. The second kappa shape index (κ2) is 6.31. The van der Waals surface area contributed by atoms with Crippen molar-refractivity contribution in [2.45, 2.75) is 25.4 Å². The lowest BCUT2D eigenvalue weighted by Crippen LogP contribution is -2.40. The fourth-order valence-corrected chi connectivity index (χ4v) is 3.06. The van der Waals surface area contributed by atoms with Gasteiger partial charge in [0.05, 0.1) is 0 Å². The summed E-state index contributed by atoms with van der Waals surface area (Å²) in [4.78, 5) is 49.5. The minimum Gasteiger partial charge on any atom is -0.480 e. The van der Waals surface area contributed by atoms with Crippen LogP contribution < -0.4 is 5.32 Å². The number of nitrogens with zero attached hydrogens (tertiary/aromatic N) is 2. The second-order valence-electron chi connectivity index (χ2n) is 5.81. The van der Waals surface area contributed by atoms with Gasteiger partial charge in [-0.1, -0.05) is 24.3 Å². The first-order valence-electron chi connectivity index (χ1n) is 7.64. The van der Waals surface area contributed by atoms with Crippen LogP contribution >= 0.6 is 0 Å². The maximum atomic E-state index is 12.5. The Labute approximate surface area is 138 Å². The van der Waals surface area contributed by atoms with E-state index in [1.54, 1.807) is 0 Å². The van der Waals surface area contributed by atoms with Crippen molar-refractivity contribution in [2.24, 2.45) is 0 Å². The summed E-state index contributed by atoms with van der Waals surface area (Å²) >= 11 is 0. The molecule has 4 amide bonds. The minimum absolute atomic E-state index is 0.0491. The lowest BCUT2D eigenvalue weighted by Gasteiger charge is -2.28. The molecule has 1 fully saturated rings. The third-order valence-electron chi connectivity index (χ3n) is 4.28. The van der Waals surface area contributed by atoms with E-state index < -0.39 is 30.5 Å². The number of amides is 4. The molecule has 2 heterocycles. The standard InChI is InChI=1S/C16H17N3O5/c20-13(17-8-14(21)22)5-6-18-15(23)12-7-10-3-1-2-4-11(10)9-19(12)16(18)24/h1-4,12H,5-9H2,(H,17,20)(H,21,22)/t12-/m0/s1. The van der Waals surface area contributed by atoms with Crippen LogP contribution in [0.5, 0.6) is 0 Å². The van der Waals surface area contributed by atoms with Gasteiger partial charge in [-0.3, -0.25) is 19.3 Å². The first-order chi connectivity index (χ1) is 11.5. The van der Waals surface area contributed by atoms with Crippen molar-refractivity contribution in [1.29, 1.82) is 0 Å². The molecule has 1 saturated heterocycles. The molecule has 24 heavy (non-hydrogen) atoms. The van der Waals surface area contributed by atoms with Crippen molar-refractivity contribution in [2.75, 3.05) is 13.1 Å². The lowest BCUT2D eigenvalue weighted by molar-refractivity contribution is -0.138. The van der Waals surface area contributed by atoms with Gasteiger partial charge < -0.3 is 15.3 Å². The van der Waals surface area contributed by atoms with Crippen LogP contribution in [0.1, 0.15) is 17.5 Å².